The fourth-order valence-electron chi connectivity index (χ4n) is 1.99. The average Bonchev–Trinajstić information content (AvgIpc) is 2.83. The Hall–Kier alpha value is -0.990. The van der Waals surface area contributed by atoms with Crippen molar-refractivity contribution >= 4 is 23.2 Å². The minimum absolute atomic E-state index is 0.278. The molecule has 1 heterocycles. The highest BCUT2D eigenvalue weighted by molar-refractivity contribution is 6.30. The van der Waals surface area contributed by atoms with Gasteiger partial charge in [0.05, 0.1) is 6.20 Å². The van der Waals surface area contributed by atoms with Crippen molar-refractivity contribution in [3.05, 3.63) is 52.8 Å². The molecule has 1 aromatic carbocycles. The third-order valence-corrected chi connectivity index (χ3v) is 3.61. The van der Waals surface area contributed by atoms with Crippen LogP contribution in [0.5, 0.6) is 0 Å². The number of benzene rings is 1. The van der Waals surface area contributed by atoms with E-state index in [2.05, 4.69) is 24.3 Å². The maximum absolute atomic E-state index is 6.07. The molecule has 0 spiro atoms. The molecule has 2 rings (SSSR count). The van der Waals surface area contributed by atoms with Crippen LogP contribution in [0.1, 0.15) is 24.0 Å². The molecule has 0 aliphatic rings. The molecule has 0 saturated carbocycles. The Bertz CT molecular complexity index is 508. The quantitative estimate of drug-likeness (QED) is 0.755. The summed E-state index contributed by atoms with van der Waals surface area (Å²) in [6, 6.07) is 7.90. The fraction of sp³-hybridized carbons (Fsp3) is 0.357. The highest BCUT2D eigenvalue weighted by atomic mass is 35.5. The zero-order chi connectivity index (χ0) is 13.0. The third kappa shape index (κ3) is 3.27. The highest BCUT2D eigenvalue weighted by Crippen LogP contribution is 2.24. The Kier molecular flexibility index (Phi) is 4.67. The topological polar surface area (TPSA) is 17.8 Å². The number of aromatic nitrogens is 2. The summed E-state index contributed by atoms with van der Waals surface area (Å²) < 4.78 is 1.93. The van der Waals surface area contributed by atoms with Gasteiger partial charge >= 0.3 is 0 Å². The van der Waals surface area contributed by atoms with Crippen molar-refractivity contribution in [2.45, 2.75) is 25.8 Å². The summed E-state index contributed by atoms with van der Waals surface area (Å²) in [4.78, 5) is 0. The molecule has 0 saturated heterocycles. The Balaban J connectivity index is 2.14. The van der Waals surface area contributed by atoms with Gasteiger partial charge in [0.15, 0.2) is 0 Å². The molecule has 0 N–H and O–H groups in total. The van der Waals surface area contributed by atoms with E-state index in [1.54, 1.807) is 0 Å². The van der Waals surface area contributed by atoms with Gasteiger partial charge in [-0.2, -0.15) is 5.10 Å². The van der Waals surface area contributed by atoms with Gasteiger partial charge in [-0.1, -0.05) is 23.7 Å². The molecule has 96 valence electrons. The Morgan fingerprint density at radius 2 is 2.22 bits per heavy atom. The van der Waals surface area contributed by atoms with Gasteiger partial charge in [0.1, 0.15) is 0 Å². The highest BCUT2D eigenvalue weighted by Gasteiger charge is 2.12. The minimum atomic E-state index is 0.278. The molecule has 4 heteroatoms. The standard InChI is InChI=1S/C14H16Cl2N2/c1-2-18-10-11(9-17-18)6-13(8-15)12-4-3-5-14(16)7-12/h3-5,7,9-10,13H,2,6,8H2,1H3. The van der Waals surface area contributed by atoms with E-state index in [1.165, 1.54) is 11.1 Å². The number of nitrogens with zero attached hydrogens (tertiary/aromatic N) is 2. The maximum atomic E-state index is 6.07. The first-order chi connectivity index (χ1) is 8.72. The SMILES string of the molecule is CCn1cc(CC(CCl)c2cccc(Cl)c2)cn1. The predicted octanol–water partition coefficient (Wildman–Crippen LogP) is 4.12. The molecule has 0 fully saturated rings. The molecule has 0 radical (unpaired) electrons. The first-order valence-corrected chi connectivity index (χ1v) is 6.97. The van der Waals surface area contributed by atoms with Crippen LogP contribution in [0, 0.1) is 0 Å². The molecule has 0 aliphatic carbocycles. The van der Waals surface area contributed by atoms with Crippen LogP contribution < -0.4 is 0 Å². The second-order valence-electron chi connectivity index (χ2n) is 4.31. The van der Waals surface area contributed by atoms with E-state index in [0.717, 1.165) is 18.0 Å². The second-order valence-corrected chi connectivity index (χ2v) is 5.06. The van der Waals surface area contributed by atoms with Crippen molar-refractivity contribution in [1.82, 2.24) is 9.78 Å². The monoisotopic (exact) mass is 282 g/mol. The van der Waals surface area contributed by atoms with Crippen molar-refractivity contribution < 1.29 is 0 Å². The normalized spacial score (nSPS) is 12.6. The summed E-state index contributed by atoms with van der Waals surface area (Å²) in [7, 11) is 0. The van der Waals surface area contributed by atoms with Crippen molar-refractivity contribution in [2.75, 3.05) is 5.88 Å². The lowest BCUT2D eigenvalue weighted by molar-refractivity contribution is 0.658. The smallest absolute Gasteiger partial charge is 0.0521 e. The molecule has 0 aliphatic heterocycles. The summed E-state index contributed by atoms with van der Waals surface area (Å²) in [5, 5.41) is 5.04. The molecular weight excluding hydrogens is 267 g/mol. The molecule has 2 aromatic rings. The first kappa shape index (κ1) is 13.4. The van der Waals surface area contributed by atoms with Crippen molar-refractivity contribution in [1.29, 1.82) is 0 Å². The molecular formula is C14H16Cl2N2. The number of aryl methyl sites for hydroxylation is 1. The zero-order valence-corrected chi connectivity index (χ0v) is 11.8. The number of hydrogen-bond acceptors (Lipinski definition) is 1. The third-order valence-electron chi connectivity index (χ3n) is 3.00. The van der Waals surface area contributed by atoms with Gasteiger partial charge in [-0.15, -0.1) is 11.6 Å². The minimum Gasteiger partial charge on any atom is -0.273 e. The lowest BCUT2D eigenvalue weighted by atomic mass is 9.95. The van der Waals surface area contributed by atoms with Crippen LogP contribution in [0.4, 0.5) is 0 Å². The van der Waals surface area contributed by atoms with Crippen molar-refractivity contribution in [3.8, 4) is 0 Å². The number of halogens is 2. The molecule has 0 amide bonds. The van der Waals surface area contributed by atoms with E-state index in [0.29, 0.717) is 5.88 Å². The first-order valence-electron chi connectivity index (χ1n) is 6.05. The number of hydrogen-bond donors (Lipinski definition) is 0. The predicted molar refractivity (Wildman–Crippen MR) is 76.5 cm³/mol. The Labute approximate surface area is 118 Å². The Morgan fingerprint density at radius 1 is 1.39 bits per heavy atom. The largest absolute Gasteiger partial charge is 0.273 e. The molecule has 18 heavy (non-hydrogen) atoms. The number of alkyl halides is 1. The van der Waals surface area contributed by atoms with Gasteiger partial charge in [0.25, 0.3) is 0 Å². The van der Waals surface area contributed by atoms with Gasteiger partial charge in [-0.3, -0.25) is 4.68 Å². The van der Waals surface area contributed by atoms with Gasteiger partial charge in [0.2, 0.25) is 0 Å². The lowest BCUT2D eigenvalue weighted by Gasteiger charge is -2.13. The molecule has 1 atom stereocenters. The van der Waals surface area contributed by atoms with Crippen LogP contribution in [-0.4, -0.2) is 15.7 Å². The molecule has 2 nitrogen and oxygen atoms in total. The maximum Gasteiger partial charge on any atom is 0.0521 e. The van der Waals surface area contributed by atoms with E-state index in [-0.39, 0.29) is 5.92 Å². The van der Waals surface area contributed by atoms with Crippen LogP contribution in [0.3, 0.4) is 0 Å². The molecule has 1 unspecified atom stereocenters. The van der Waals surface area contributed by atoms with Gasteiger partial charge in [-0.25, -0.2) is 0 Å². The summed E-state index contributed by atoms with van der Waals surface area (Å²) in [5.74, 6) is 0.859. The van der Waals surface area contributed by atoms with E-state index in [1.807, 2.05) is 29.1 Å². The lowest BCUT2D eigenvalue weighted by Crippen LogP contribution is -2.04. The van der Waals surface area contributed by atoms with Crippen LogP contribution in [0.25, 0.3) is 0 Å². The Morgan fingerprint density at radius 3 is 2.83 bits per heavy atom. The zero-order valence-electron chi connectivity index (χ0n) is 10.3. The van der Waals surface area contributed by atoms with E-state index in [4.69, 9.17) is 23.2 Å². The van der Waals surface area contributed by atoms with Crippen LogP contribution in [0.15, 0.2) is 36.7 Å². The number of rotatable bonds is 5. The van der Waals surface area contributed by atoms with Crippen molar-refractivity contribution in [3.63, 3.8) is 0 Å². The van der Waals surface area contributed by atoms with Crippen molar-refractivity contribution in [2.24, 2.45) is 0 Å². The van der Waals surface area contributed by atoms with Crippen LogP contribution >= 0.6 is 23.2 Å². The fourth-order valence-corrected chi connectivity index (χ4v) is 2.48. The van der Waals surface area contributed by atoms with Gasteiger partial charge in [0, 0.05) is 29.6 Å². The van der Waals surface area contributed by atoms with Crippen LogP contribution in [0.2, 0.25) is 5.02 Å². The summed E-state index contributed by atoms with van der Waals surface area (Å²) in [6.45, 7) is 2.97. The van der Waals surface area contributed by atoms with Crippen LogP contribution in [-0.2, 0) is 13.0 Å². The molecule has 0 bridgehead atoms. The average molecular weight is 283 g/mol. The van der Waals surface area contributed by atoms with Gasteiger partial charge in [-0.05, 0) is 36.6 Å². The second kappa shape index (κ2) is 6.26. The summed E-state index contributed by atoms with van der Waals surface area (Å²) >= 11 is 12.1. The summed E-state index contributed by atoms with van der Waals surface area (Å²) in [6.07, 6.45) is 4.88. The van der Waals surface area contributed by atoms with Gasteiger partial charge < -0.3 is 0 Å². The van der Waals surface area contributed by atoms with E-state index < -0.39 is 0 Å². The van der Waals surface area contributed by atoms with E-state index >= 15 is 0 Å². The van der Waals surface area contributed by atoms with E-state index in [9.17, 15) is 0 Å². The summed E-state index contributed by atoms with van der Waals surface area (Å²) in [5.41, 5.74) is 2.39. The molecule has 1 aromatic heterocycles.